The number of carbonyl (C=O) groups is 1. The predicted octanol–water partition coefficient (Wildman–Crippen LogP) is 1.97. The smallest absolute Gasteiger partial charge is 0.257 e. The van der Waals surface area contributed by atoms with Crippen molar-refractivity contribution in [3.05, 3.63) is 29.8 Å². The van der Waals surface area contributed by atoms with Crippen LogP contribution in [0.2, 0.25) is 0 Å². The minimum absolute atomic E-state index is 0.0792. The number of nitrogens with two attached hydrogens (primary N) is 1. The molecule has 1 heterocycles. The molecule has 0 aliphatic carbocycles. The van der Waals surface area contributed by atoms with Crippen LogP contribution in [0.1, 0.15) is 36.5 Å². The van der Waals surface area contributed by atoms with Crippen molar-refractivity contribution in [2.45, 2.75) is 26.2 Å². The highest BCUT2D eigenvalue weighted by atomic mass is 16.5. The highest BCUT2D eigenvalue weighted by Gasteiger charge is 2.23. The predicted molar refractivity (Wildman–Crippen MR) is 92.9 cm³/mol. The van der Waals surface area contributed by atoms with Gasteiger partial charge in [-0.2, -0.15) is 0 Å². The normalized spacial score (nSPS) is 15.7. The molecule has 1 amide bonds. The maximum atomic E-state index is 12.8. The van der Waals surface area contributed by atoms with E-state index in [1.165, 1.54) is 0 Å². The number of amides is 1. The van der Waals surface area contributed by atoms with Gasteiger partial charge < -0.3 is 15.4 Å². The summed E-state index contributed by atoms with van der Waals surface area (Å²) in [6.07, 6.45) is 3.10. The highest BCUT2D eigenvalue weighted by Crippen LogP contribution is 2.21. The van der Waals surface area contributed by atoms with Crippen LogP contribution in [0.5, 0.6) is 5.75 Å². The maximum Gasteiger partial charge on any atom is 0.257 e. The zero-order valence-corrected chi connectivity index (χ0v) is 14.2. The van der Waals surface area contributed by atoms with Crippen molar-refractivity contribution < 1.29 is 9.53 Å². The molecule has 1 aromatic rings. The molecule has 23 heavy (non-hydrogen) atoms. The molecular weight excluding hydrogens is 290 g/mol. The third-order valence-electron chi connectivity index (χ3n) is 4.21. The average molecular weight is 319 g/mol. The Hall–Kier alpha value is -1.59. The van der Waals surface area contributed by atoms with Gasteiger partial charge in [0.1, 0.15) is 5.75 Å². The summed E-state index contributed by atoms with van der Waals surface area (Å²) in [5.74, 6) is 0.784. The van der Waals surface area contributed by atoms with Crippen molar-refractivity contribution in [3.63, 3.8) is 0 Å². The Labute approximate surface area is 139 Å². The first kappa shape index (κ1) is 17.8. The molecule has 1 saturated heterocycles. The molecule has 0 saturated carbocycles. The molecule has 0 unspecified atom stereocenters. The second-order valence-electron chi connectivity index (χ2n) is 5.97. The Bertz CT molecular complexity index is 485. The lowest BCUT2D eigenvalue weighted by atomic mass is 10.1. The number of ether oxygens (including phenoxy) is 1. The molecule has 5 nitrogen and oxygen atoms in total. The third kappa shape index (κ3) is 5.22. The number of hydrogen-bond acceptors (Lipinski definition) is 4. The van der Waals surface area contributed by atoms with E-state index in [-0.39, 0.29) is 5.91 Å². The lowest BCUT2D eigenvalue weighted by molar-refractivity contribution is 0.0632. The summed E-state index contributed by atoms with van der Waals surface area (Å²) in [7, 11) is 0. The fourth-order valence-electron chi connectivity index (χ4n) is 2.76. The van der Waals surface area contributed by atoms with Crippen molar-refractivity contribution in [1.82, 2.24) is 9.80 Å². The molecule has 0 radical (unpaired) electrons. The molecule has 128 valence electrons. The maximum absolute atomic E-state index is 12.8. The Kier molecular flexibility index (Phi) is 7.36. The van der Waals surface area contributed by atoms with Gasteiger partial charge in [-0.25, -0.2) is 0 Å². The zero-order valence-electron chi connectivity index (χ0n) is 14.2. The zero-order chi connectivity index (χ0) is 16.5. The van der Waals surface area contributed by atoms with Gasteiger partial charge in [-0.3, -0.25) is 9.69 Å². The van der Waals surface area contributed by atoms with Crippen molar-refractivity contribution in [2.75, 3.05) is 45.9 Å². The summed E-state index contributed by atoms with van der Waals surface area (Å²) >= 11 is 0. The number of nitrogens with zero attached hydrogens (tertiary/aromatic N) is 2. The van der Waals surface area contributed by atoms with Gasteiger partial charge in [0.25, 0.3) is 5.91 Å². The molecule has 1 aromatic carbocycles. The van der Waals surface area contributed by atoms with Crippen LogP contribution in [0, 0.1) is 0 Å². The van der Waals surface area contributed by atoms with Crippen LogP contribution in [0.25, 0.3) is 0 Å². The molecule has 1 fully saturated rings. The van der Waals surface area contributed by atoms with Crippen molar-refractivity contribution in [3.8, 4) is 5.75 Å². The monoisotopic (exact) mass is 319 g/mol. The first-order valence-electron chi connectivity index (χ1n) is 8.69. The van der Waals surface area contributed by atoms with Crippen LogP contribution in [-0.2, 0) is 0 Å². The number of piperazine rings is 1. The fraction of sp³-hybridized carbons (Fsp3) is 0.611. The van der Waals surface area contributed by atoms with Gasteiger partial charge in [-0.05, 0) is 38.1 Å². The summed E-state index contributed by atoms with van der Waals surface area (Å²) < 4.78 is 5.79. The standard InChI is InChI=1S/C18H29N3O2/c1-2-3-15-23-17-8-5-4-7-16(17)18(22)21-13-11-20(12-14-21)10-6-9-19/h4-5,7-8H,2-3,6,9-15,19H2,1H3. The van der Waals surface area contributed by atoms with Crippen LogP contribution in [0.3, 0.4) is 0 Å². The van der Waals surface area contributed by atoms with Gasteiger partial charge in [0.15, 0.2) is 0 Å². The van der Waals surface area contributed by atoms with Crippen LogP contribution in [0.4, 0.5) is 0 Å². The van der Waals surface area contributed by atoms with E-state index in [0.29, 0.717) is 17.9 Å². The molecule has 2 N–H and O–H groups in total. The van der Waals surface area contributed by atoms with Gasteiger partial charge in [-0.1, -0.05) is 25.5 Å². The Morgan fingerprint density at radius 3 is 2.61 bits per heavy atom. The van der Waals surface area contributed by atoms with Gasteiger partial charge in [0.2, 0.25) is 0 Å². The largest absolute Gasteiger partial charge is 0.493 e. The quantitative estimate of drug-likeness (QED) is 0.744. The third-order valence-corrected chi connectivity index (χ3v) is 4.21. The second-order valence-corrected chi connectivity index (χ2v) is 5.97. The lowest BCUT2D eigenvalue weighted by Crippen LogP contribution is -2.49. The van der Waals surface area contributed by atoms with Gasteiger partial charge in [-0.15, -0.1) is 0 Å². The molecule has 5 heteroatoms. The Morgan fingerprint density at radius 2 is 1.91 bits per heavy atom. The van der Waals surface area contributed by atoms with E-state index in [2.05, 4.69) is 11.8 Å². The molecule has 1 aliphatic rings. The van der Waals surface area contributed by atoms with E-state index in [1.807, 2.05) is 29.2 Å². The minimum atomic E-state index is 0.0792. The van der Waals surface area contributed by atoms with E-state index in [9.17, 15) is 4.79 Å². The lowest BCUT2D eigenvalue weighted by Gasteiger charge is -2.35. The molecule has 0 aromatic heterocycles. The summed E-state index contributed by atoms with van der Waals surface area (Å²) in [6.45, 7) is 7.92. The molecule has 2 rings (SSSR count). The Morgan fingerprint density at radius 1 is 1.17 bits per heavy atom. The summed E-state index contributed by atoms with van der Waals surface area (Å²) in [6, 6.07) is 7.57. The fourth-order valence-corrected chi connectivity index (χ4v) is 2.76. The topological polar surface area (TPSA) is 58.8 Å². The Balaban J connectivity index is 1.93. The van der Waals surface area contributed by atoms with E-state index in [1.54, 1.807) is 0 Å². The van der Waals surface area contributed by atoms with E-state index in [0.717, 1.165) is 58.5 Å². The van der Waals surface area contributed by atoms with Crippen LogP contribution in [0.15, 0.2) is 24.3 Å². The molecular formula is C18H29N3O2. The number of para-hydroxylation sites is 1. The second kappa shape index (κ2) is 9.53. The van der Waals surface area contributed by atoms with E-state index < -0.39 is 0 Å². The van der Waals surface area contributed by atoms with Crippen LogP contribution >= 0.6 is 0 Å². The molecule has 0 atom stereocenters. The first-order valence-corrected chi connectivity index (χ1v) is 8.69. The van der Waals surface area contributed by atoms with Gasteiger partial charge >= 0.3 is 0 Å². The average Bonchev–Trinajstić information content (AvgIpc) is 2.60. The van der Waals surface area contributed by atoms with Crippen molar-refractivity contribution >= 4 is 5.91 Å². The SMILES string of the molecule is CCCCOc1ccccc1C(=O)N1CCN(CCCN)CC1. The highest BCUT2D eigenvalue weighted by molar-refractivity contribution is 5.97. The number of rotatable bonds is 8. The number of carbonyl (C=O) groups excluding carboxylic acids is 1. The van der Waals surface area contributed by atoms with E-state index >= 15 is 0 Å². The minimum Gasteiger partial charge on any atom is -0.493 e. The molecule has 0 spiro atoms. The molecule has 1 aliphatic heterocycles. The summed E-state index contributed by atoms with van der Waals surface area (Å²) in [4.78, 5) is 17.1. The van der Waals surface area contributed by atoms with Crippen LogP contribution in [-0.4, -0.2) is 61.6 Å². The van der Waals surface area contributed by atoms with Gasteiger partial charge in [0.05, 0.1) is 12.2 Å². The van der Waals surface area contributed by atoms with Crippen molar-refractivity contribution in [2.24, 2.45) is 5.73 Å². The van der Waals surface area contributed by atoms with Crippen LogP contribution < -0.4 is 10.5 Å². The summed E-state index contributed by atoms with van der Waals surface area (Å²) in [5, 5.41) is 0. The number of hydrogen-bond donors (Lipinski definition) is 1. The van der Waals surface area contributed by atoms with Gasteiger partial charge in [0, 0.05) is 26.2 Å². The molecule has 0 bridgehead atoms. The van der Waals surface area contributed by atoms with Crippen molar-refractivity contribution in [1.29, 1.82) is 0 Å². The van der Waals surface area contributed by atoms with E-state index in [4.69, 9.17) is 10.5 Å². The summed E-state index contributed by atoms with van der Waals surface area (Å²) in [5.41, 5.74) is 6.24. The first-order chi connectivity index (χ1) is 11.3. The number of unbranched alkanes of at least 4 members (excludes halogenated alkanes) is 1. The number of benzene rings is 1.